The molecule has 1 aromatic carbocycles. The Morgan fingerprint density at radius 3 is 2.60 bits per heavy atom. The summed E-state index contributed by atoms with van der Waals surface area (Å²) < 4.78 is 12.0. The van der Waals surface area contributed by atoms with Crippen molar-refractivity contribution < 1.29 is 14.3 Å². The summed E-state index contributed by atoms with van der Waals surface area (Å²) in [5.74, 6) is 0.979. The monoisotopic (exact) mass is 275 g/mol. The highest BCUT2D eigenvalue weighted by atomic mass is 16.5. The Hall–Kier alpha value is -2.50. The third-order valence-corrected chi connectivity index (χ3v) is 3.13. The first-order valence-electron chi connectivity index (χ1n) is 6.08. The number of nitrogens with zero attached hydrogens (tertiary/aromatic N) is 2. The Morgan fingerprint density at radius 2 is 2.05 bits per heavy atom. The van der Waals surface area contributed by atoms with Crippen molar-refractivity contribution in [2.75, 3.05) is 19.5 Å². The van der Waals surface area contributed by atoms with Gasteiger partial charge in [-0.05, 0) is 19.1 Å². The number of hydrogen-bond donors (Lipinski definition) is 1. The number of benzene rings is 1. The lowest BCUT2D eigenvalue weighted by Gasteiger charge is -2.11. The molecule has 0 aliphatic heterocycles. The Labute approximate surface area is 117 Å². The van der Waals surface area contributed by atoms with E-state index in [1.54, 1.807) is 44.1 Å². The molecule has 20 heavy (non-hydrogen) atoms. The quantitative estimate of drug-likeness (QED) is 0.926. The van der Waals surface area contributed by atoms with Gasteiger partial charge in [-0.25, -0.2) is 0 Å². The van der Waals surface area contributed by atoms with Crippen LogP contribution in [0.1, 0.15) is 16.1 Å². The van der Waals surface area contributed by atoms with Crippen LogP contribution in [0.2, 0.25) is 0 Å². The van der Waals surface area contributed by atoms with Crippen LogP contribution in [-0.2, 0) is 7.05 Å². The molecule has 0 saturated heterocycles. The molecule has 6 heteroatoms. The van der Waals surface area contributed by atoms with Gasteiger partial charge in [0.05, 0.1) is 31.7 Å². The molecule has 1 heterocycles. The molecule has 1 aromatic heterocycles. The van der Waals surface area contributed by atoms with Crippen LogP contribution in [0.25, 0.3) is 0 Å². The van der Waals surface area contributed by atoms with Crippen LogP contribution in [-0.4, -0.2) is 29.9 Å². The number of methoxy groups -OCH3 is 2. The SMILES string of the molecule is COc1ccc(OC)c(NC(=O)c2cnn(C)c2C)c1. The molecule has 0 fully saturated rings. The molecular weight excluding hydrogens is 258 g/mol. The zero-order valence-electron chi connectivity index (χ0n) is 11.9. The number of rotatable bonds is 4. The van der Waals surface area contributed by atoms with Crippen molar-refractivity contribution in [2.45, 2.75) is 6.92 Å². The molecule has 0 saturated carbocycles. The van der Waals surface area contributed by atoms with Crippen LogP contribution < -0.4 is 14.8 Å². The summed E-state index contributed by atoms with van der Waals surface area (Å²) in [5, 5.41) is 6.86. The summed E-state index contributed by atoms with van der Waals surface area (Å²) in [5.41, 5.74) is 1.88. The lowest BCUT2D eigenvalue weighted by molar-refractivity contribution is 0.102. The van der Waals surface area contributed by atoms with Crippen molar-refractivity contribution in [3.63, 3.8) is 0 Å². The van der Waals surface area contributed by atoms with E-state index >= 15 is 0 Å². The molecule has 0 aliphatic carbocycles. The second-order valence-electron chi connectivity index (χ2n) is 4.29. The van der Waals surface area contributed by atoms with Crippen molar-refractivity contribution in [1.82, 2.24) is 9.78 Å². The summed E-state index contributed by atoms with van der Waals surface area (Å²) in [4.78, 5) is 12.3. The number of aryl methyl sites for hydroxylation is 1. The van der Waals surface area contributed by atoms with E-state index in [1.807, 2.05) is 6.92 Å². The van der Waals surface area contributed by atoms with Gasteiger partial charge in [-0.1, -0.05) is 0 Å². The summed E-state index contributed by atoms with van der Waals surface area (Å²) in [6.07, 6.45) is 1.54. The zero-order valence-corrected chi connectivity index (χ0v) is 11.9. The van der Waals surface area contributed by atoms with Crippen LogP contribution in [0.15, 0.2) is 24.4 Å². The van der Waals surface area contributed by atoms with E-state index in [0.717, 1.165) is 5.69 Å². The minimum Gasteiger partial charge on any atom is -0.497 e. The third-order valence-electron chi connectivity index (χ3n) is 3.13. The molecule has 1 N–H and O–H groups in total. The Kier molecular flexibility index (Phi) is 3.93. The van der Waals surface area contributed by atoms with Gasteiger partial charge >= 0.3 is 0 Å². The summed E-state index contributed by atoms with van der Waals surface area (Å²) >= 11 is 0. The van der Waals surface area contributed by atoms with Crippen molar-refractivity contribution in [2.24, 2.45) is 7.05 Å². The fraction of sp³-hybridized carbons (Fsp3) is 0.286. The van der Waals surface area contributed by atoms with E-state index in [0.29, 0.717) is 22.7 Å². The van der Waals surface area contributed by atoms with Gasteiger partial charge in [0.2, 0.25) is 0 Å². The van der Waals surface area contributed by atoms with Crippen LogP contribution in [0, 0.1) is 6.92 Å². The van der Waals surface area contributed by atoms with Crippen LogP contribution in [0.4, 0.5) is 5.69 Å². The van der Waals surface area contributed by atoms with Gasteiger partial charge in [-0.15, -0.1) is 0 Å². The maximum atomic E-state index is 12.3. The summed E-state index contributed by atoms with van der Waals surface area (Å²) in [7, 11) is 4.91. The van der Waals surface area contributed by atoms with Crippen molar-refractivity contribution >= 4 is 11.6 Å². The van der Waals surface area contributed by atoms with Gasteiger partial charge < -0.3 is 14.8 Å². The minimum absolute atomic E-state index is 0.234. The average Bonchev–Trinajstić information content (AvgIpc) is 2.79. The molecule has 6 nitrogen and oxygen atoms in total. The van der Waals surface area contributed by atoms with E-state index in [2.05, 4.69) is 10.4 Å². The van der Waals surface area contributed by atoms with E-state index in [4.69, 9.17) is 9.47 Å². The topological polar surface area (TPSA) is 65.4 Å². The molecule has 0 bridgehead atoms. The van der Waals surface area contributed by atoms with Crippen LogP contribution in [0.3, 0.4) is 0 Å². The van der Waals surface area contributed by atoms with Crippen LogP contribution in [0.5, 0.6) is 11.5 Å². The van der Waals surface area contributed by atoms with Gasteiger partial charge in [0.25, 0.3) is 5.91 Å². The van der Waals surface area contributed by atoms with E-state index in [9.17, 15) is 4.79 Å². The lowest BCUT2D eigenvalue weighted by atomic mass is 10.2. The number of aromatic nitrogens is 2. The number of anilines is 1. The highest BCUT2D eigenvalue weighted by molar-refractivity contribution is 6.05. The predicted molar refractivity (Wildman–Crippen MR) is 75.4 cm³/mol. The van der Waals surface area contributed by atoms with Crippen molar-refractivity contribution in [1.29, 1.82) is 0 Å². The maximum absolute atomic E-state index is 12.3. The molecule has 0 atom stereocenters. The number of hydrogen-bond acceptors (Lipinski definition) is 4. The zero-order chi connectivity index (χ0) is 14.7. The Morgan fingerprint density at radius 1 is 1.30 bits per heavy atom. The van der Waals surface area contributed by atoms with Gasteiger partial charge in [-0.3, -0.25) is 9.48 Å². The number of amides is 1. The molecule has 2 aromatic rings. The molecule has 106 valence electrons. The normalized spacial score (nSPS) is 10.2. The maximum Gasteiger partial charge on any atom is 0.259 e. The first-order valence-corrected chi connectivity index (χ1v) is 6.08. The molecule has 0 unspecified atom stereocenters. The summed E-state index contributed by atoms with van der Waals surface area (Å²) in [6, 6.07) is 5.22. The summed E-state index contributed by atoms with van der Waals surface area (Å²) in [6.45, 7) is 1.84. The minimum atomic E-state index is -0.234. The van der Waals surface area contributed by atoms with Gasteiger partial charge in [-0.2, -0.15) is 5.10 Å². The van der Waals surface area contributed by atoms with Crippen LogP contribution >= 0.6 is 0 Å². The third kappa shape index (κ3) is 2.59. The second-order valence-corrected chi connectivity index (χ2v) is 4.29. The molecular formula is C14H17N3O3. The number of ether oxygens (including phenoxy) is 2. The van der Waals surface area contributed by atoms with E-state index in [1.165, 1.54) is 6.20 Å². The largest absolute Gasteiger partial charge is 0.497 e. The van der Waals surface area contributed by atoms with E-state index in [-0.39, 0.29) is 5.91 Å². The molecule has 0 spiro atoms. The first kappa shape index (κ1) is 13.9. The lowest BCUT2D eigenvalue weighted by Crippen LogP contribution is -2.13. The standard InChI is InChI=1S/C14H17N3O3/c1-9-11(8-15-17(9)2)14(18)16-12-7-10(19-3)5-6-13(12)20-4/h5-8H,1-4H3,(H,16,18). The van der Waals surface area contributed by atoms with Gasteiger partial charge in [0.1, 0.15) is 11.5 Å². The van der Waals surface area contributed by atoms with Crippen molar-refractivity contribution in [3.05, 3.63) is 35.7 Å². The first-order chi connectivity index (χ1) is 9.56. The second kappa shape index (κ2) is 5.64. The average molecular weight is 275 g/mol. The Balaban J connectivity index is 2.29. The highest BCUT2D eigenvalue weighted by Crippen LogP contribution is 2.29. The predicted octanol–water partition coefficient (Wildman–Crippen LogP) is 2.00. The Bertz CT molecular complexity index is 635. The molecule has 0 aliphatic rings. The molecule has 0 radical (unpaired) electrons. The highest BCUT2D eigenvalue weighted by Gasteiger charge is 2.15. The number of carbonyl (C=O) groups excluding carboxylic acids is 1. The smallest absolute Gasteiger partial charge is 0.259 e. The van der Waals surface area contributed by atoms with Gasteiger partial charge in [0.15, 0.2) is 0 Å². The fourth-order valence-electron chi connectivity index (χ4n) is 1.82. The molecule has 2 rings (SSSR count). The number of nitrogens with one attached hydrogen (secondary N) is 1. The number of carbonyl (C=O) groups is 1. The van der Waals surface area contributed by atoms with Gasteiger partial charge in [0, 0.05) is 18.8 Å². The van der Waals surface area contributed by atoms with E-state index < -0.39 is 0 Å². The van der Waals surface area contributed by atoms with Crippen molar-refractivity contribution in [3.8, 4) is 11.5 Å². The molecule has 1 amide bonds. The fourth-order valence-corrected chi connectivity index (χ4v) is 1.82.